The molecule has 130 valence electrons. The van der Waals surface area contributed by atoms with Crippen molar-refractivity contribution in [3.05, 3.63) is 58.6 Å². The predicted octanol–water partition coefficient (Wildman–Crippen LogP) is 4.23. The van der Waals surface area contributed by atoms with Crippen molar-refractivity contribution < 1.29 is 4.79 Å². The Balaban J connectivity index is 1.64. The zero-order valence-corrected chi connectivity index (χ0v) is 16.1. The second kappa shape index (κ2) is 8.17. The molecule has 0 bridgehead atoms. The molecular weight excluding hydrogens is 414 g/mol. The van der Waals surface area contributed by atoms with Crippen LogP contribution in [0.2, 0.25) is 0 Å². The van der Waals surface area contributed by atoms with Crippen molar-refractivity contribution in [2.24, 2.45) is 0 Å². The number of carbonyl (C=O) groups excluding carboxylic acids is 1. The van der Waals surface area contributed by atoms with Crippen LogP contribution in [0.5, 0.6) is 0 Å². The van der Waals surface area contributed by atoms with Gasteiger partial charge in [0.05, 0.1) is 16.9 Å². The Morgan fingerprint density at radius 1 is 1.27 bits per heavy atom. The van der Waals surface area contributed by atoms with E-state index in [0.29, 0.717) is 22.2 Å². The van der Waals surface area contributed by atoms with Crippen LogP contribution in [-0.4, -0.2) is 26.3 Å². The average Bonchev–Trinajstić information content (AvgIpc) is 3.11. The molecule has 0 unspecified atom stereocenters. The highest BCUT2D eigenvalue weighted by molar-refractivity contribution is 9.10. The molecule has 3 rings (SSSR count). The summed E-state index contributed by atoms with van der Waals surface area (Å²) in [4.78, 5) is 16.8. The number of hydrogen-bond donors (Lipinski definition) is 2. The number of aromatic amines is 1. The molecule has 0 aliphatic carbocycles. The molecular formula is C18H14BrN5OS. The van der Waals surface area contributed by atoms with Crippen LogP contribution in [-0.2, 0) is 4.79 Å². The average molecular weight is 428 g/mol. The molecule has 0 aliphatic heterocycles. The number of thioether (sulfide) groups is 1. The topological polar surface area (TPSA) is 94.5 Å². The molecule has 2 aromatic carbocycles. The molecule has 0 spiro atoms. The van der Waals surface area contributed by atoms with Gasteiger partial charge in [0, 0.05) is 15.7 Å². The molecule has 0 fully saturated rings. The normalized spacial score (nSPS) is 11.6. The second-order valence-corrected chi connectivity index (χ2v) is 7.55. The number of H-pyrrole nitrogens is 1. The lowest BCUT2D eigenvalue weighted by atomic mass is 10.2. The van der Waals surface area contributed by atoms with Crippen molar-refractivity contribution in [3.8, 4) is 17.5 Å². The van der Waals surface area contributed by atoms with E-state index in [-0.39, 0.29) is 11.2 Å². The van der Waals surface area contributed by atoms with E-state index in [1.165, 1.54) is 11.8 Å². The molecule has 1 heterocycles. The van der Waals surface area contributed by atoms with Gasteiger partial charge in [-0.15, -0.1) is 5.10 Å². The van der Waals surface area contributed by atoms with Crippen molar-refractivity contribution in [3.63, 3.8) is 0 Å². The molecule has 6 nitrogen and oxygen atoms in total. The zero-order valence-electron chi connectivity index (χ0n) is 13.7. The van der Waals surface area contributed by atoms with Gasteiger partial charge in [-0.25, -0.2) is 4.98 Å². The van der Waals surface area contributed by atoms with Gasteiger partial charge in [-0.05, 0) is 37.3 Å². The van der Waals surface area contributed by atoms with Gasteiger partial charge in [-0.3, -0.25) is 9.89 Å². The van der Waals surface area contributed by atoms with Gasteiger partial charge >= 0.3 is 0 Å². The van der Waals surface area contributed by atoms with Crippen LogP contribution < -0.4 is 5.32 Å². The van der Waals surface area contributed by atoms with E-state index in [4.69, 9.17) is 5.26 Å². The number of aromatic nitrogens is 3. The maximum atomic E-state index is 12.3. The van der Waals surface area contributed by atoms with Gasteiger partial charge in [-0.1, -0.05) is 45.9 Å². The highest BCUT2D eigenvalue weighted by atomic mass is 79.9. The van der Waals surface area contributed by atoms with Crippen LogP contribution in [0.3, 0.4) is 0 Å². The first kappa shape index (κ1) is 18.2. The fourth-order valence-electron chi connectivity index (χ4n) is 2.16. The molecule has 1 aromatic heterocycles. The van der Waals surface area contributed by atoms with Crippen LogP contribution in [0.4, 0.5) is 5.69 Å². The largest absolute Gasteiger partial charge is 0.325 e. The highest BCUT2D eigenvalue weighted by Crippen LogP contribution is 2.27. The number of hydrogen-bond acceptors (Lipinski definition) is 5. The minimum absolute atomic E-state index is 0.160. The number of nitrogens with one attached hydrogen (secondary N) is 2. The number of amides is 1. The molecule has 26 heavy (non-hydrogen) atoms. The van der Waals surface area contributed by atoms with Gasteiger partial charge in [0.25, 0.3) is 0 Å². The van der Waals surface area contributed by atoms with Crippen molar-refractivity contribution in [2.45, 2.75) is 17.3 Å². The second-order valence-electron chi connectivity index (χ2n) is 5.38. The summed E-state index contributed by atoms with van der Waals surface area (Å²) in [7, 11) is 0. The highest BCUT2D eigenvalue weighted by Gasteiger charge is 2.18. The summed E-state index contributed by atoms with van der Waals surface area (Å²) in [5.41, 5.74) is 2.10. The third-order valence-corrected chi connectivity index (χ3v) is 5.18. The SMILES string of the molecule is C[C@@H](Sc1n[nH]c(-c2ccccc2Br)n1)C(=O)Nc1ccc(C#N)cc1. The first-order valence-electron chi connectivity index (χ1n) is 7.72. The van der Waals surface area contributed by atoms with Crippen molar-refractivity contribution in [1.82, 2.24) is 15.2 Å². The number of nitrogens with zero attached hydrogens (tertiary/aromatic N) is 3. The standard InChI is InChI=1S/C18H14BrN5OS/c1-11(17(25)21-13-8-6-12(10-20)7-9-13)26-18-22-16(23-24-18)14-4-2-3-5-15(14)19/h2-9,11H,1H3,(H,21,25)(H,22,23,24)/t11-/m1/s1. The summed E-state index contributed by atoms with van der Waals surface area (Å²) >= 11 is 4.75. The van der Waals surface area contributed by atoms with Gasteiger partial charge in [0.1, 0.15) is 0 Å². The molecule has 2 N–H and O–H groups in total. The van der Waals surface area contributed by atoms with E-state index < -0.39 is 0 Å². The molecule has 0 aliphatic rings. The Kier molecular flexibility index (Phi) is 5.71. The van der Waals surface area contributed by atoms with Crippen LogP contribution in [0.1, 0.15) is 12.5 Å². The molecule has 1 atom stereocenters. The number of halogens is 1. The lowest BCUT2D eigenvalue weighted by Crippen LogP contribution is -2.22. The number of nitriles is 1. The quantitative estimate of drug-likeness (QED) is 0.594. The van der Waals surface area contributed by atoms with Crippen molar-refractivity contribution in [1.29, 1.82) is 5.26 Å². The minimum Gasteiger partial charge on any atom is -0.325 e. The number of anilines is 1. The fraction of sp³-hybridized carbons (Fsp3) is 0.111. The maximum Gasteiger partial charge on any atom is 0.237 e. The Bertz CT molecular complexity index is 964. The summed E-state index contributed by atoms with van der Waals surface area (Å²) < 4.78 is 0.916. The van der Waals surface area contributed by atoms with Crippen molar-refractivity contribution in [2.75, 3.05) is 5.32 Å². The predicted molar refractivity (Wildman–Crippen MR) is 105 cm³/mol. The third kappa shape index (κ3) is 4.31. The number of rotatable bonds is 5. The van der Waals surface area contributed by atoms with E-state index in [9.17, 15) is 4.79 Å². The summed E-state index contributed by atoms with van der Waals surface area (Å²) in [6.07, 6.45) is 0. The van der Waals surface area contributed by atoms with Gasteiger partial charge < -0.3 is 5.32 Å². The van der Waals surface area contributed by atoms with E-state index in [1.54, 1.807) is 31.2 Å². The molecule has 8 heteroatoms. The maximum absolute atomic E-state index is 12.3. The monoisotopic (exact) mass is 427 g/mol. The molecule has 3 aromatic rings. The Labute approximate surface area is 163 Å². The lowest BCUT2D eigenvalue weighted by Gasteiger charge is -2.10. The molecule has 1 amide bonds. The molecule has 0 saturated heterocycles. The van der Waals surface area contributed by atoms with E-state index in [2.05, 4.69) is 36.4 Å². The fourth-order valence-corrected chi connectivity index (χ4v) is 3.35. The Morgan fingerprint density at radius 3 is 2.69 bits per heavy atom. The Hall–Kier alpha value is -2.63. The molecule has 0 radical (unpaired) electrons. The summed E-state index contributed by atoms with van der Waals surface area (Å²) in [6, 6.07) is 16.5. The summed E-state index contributed by atoms with van der Waals surface area (Å²) in [6.45, 7) is 1.79. The van der Waals surface area contributed by atoms with E-state index in [0.717, 1.165) is 10.0 Å². The summed E-state index contributed by atoms with van der Waals surface area (Å²) in [5, 5.41) is 18.8. The van der Waals surface area contributed by atoms with Gasteiger partial charge in [-0.2, -0.15) is 5.26 Å². The van der Waals surface area contributed by atoms with Crippen molar-refractivity contribution >= 4 is 39.3 Å². The van der Waals surface area contributed by atoms with Gasteiger partial charge in [0.2, 0.25) is 11.1 Å². The van der Waals surface area contributed by atoms with E-state index in [1.807, 2.05) is 30.3 Å². The third-order valence-electron chi connectivity index (χ3n) is 3.53. The number of carbonyl (C=O) groups is 1. The van der Waals surface area contributed by atoms with Crippen LogP contribution in [0.15, 0.2) is 58.2 Å². The molecule has 0 saturated carbocycles. The Morgan fingerprint density at radius 2 is 2.00 bits per heavy atom. The zero-order chi connectivity index (χ0) is 18.5. The van der Waals surface area contributed by atoms with Crippen LogP contribution in [0.25, 0.3) is 11.4 Å². The smallest absolute Gasteiger partial charge is 0.237 e. The minimum atomic E-state index is -0.381. The van der Waals surface area contributed by atoms with E-state index >= 15 is 0 Å². The van der Waals surface area contributed by atoms with Crippen LogP contribution >= 0.6 is 27.7 Å². The van der Waals surface area contributed by atoms with Crippen LogP contribution in [0, 0.1) is 11.3 Å². The first-order chi connectivity index (χ1) is 12.6. The summed E-state index contributed by atoms with van der Waals surface area (Å²) in [5.74, 6) is 0.478. The number of benzene rings is 2. The van der Waals surface area contributed by atoms with Gasteiger partial charge in [0.15, 0.2) is 5.82 Å². The lowest BCUT2D eigenvalue weighted by molar-refractivity contribution is -0.115. The first-order valence-corrected chi connectivity index (χ1v) is 9.39.